The molecule has 51 heavy (non-hydrogen) atoms. The predicted molar refractivity (Wildman–Crippen MR) is 210 cm³/mol. The summed E-state index contributed by atoms with van der Waals surface area (Å²) in [5.74, 6) is 0.597. The van der Waals surface area contributed by atoms with Crippen molar-refractivity contribution in [1.82, 2.24) is 4.98 Å². The number of aromatic nitrogens is 1. The first kappa shape index (κ1) is 29.0. The summed E-state index contributed by atoms with van der Waals surface area (Å²) in [6.45, 7) is 0. The molecule has 4 heteroatoms. The van der Waals surface area contributed by atoms with Gasteiger partial charge in [-0.3, -0.25) is 0 Å². The smallest absolute Gasteiger partial charge is 0.227 e. The van der Waals surface area contributed by atoms with Gasteiger partial charge in [0.25, 0.3) is 0 Å². The molecule has 0 spiro atoms. The molecule has 0 aliphatic carbocycles. The Labute approximate surface area is 294 Å². The highest BCUT2D eigenvalue weighted by molar-refractivity contribution is 6.10. The summed E-state index contributed by atoms with van der Waals surface area (Å²) in [4.78, 5) is 7.16. The van der Waals surface area contributed by atoms with Crippen molar-refractivity contribution in [3.8, 4) is 33.7 Å². The molecule has 0 radical (unpaired) electrons. The molecule has 4 nitrogen and oxygen atoms in total. The van der Waals surface area contributed by atoms with Crippen LogP contribution in [-0.4, -0.2) is 4.98 Å². The summed E-state index contributed by atoms with van der Waals surface area (Å²) in [5, 5.41) is 4.50. The van der Waals surface area contributed by atoms with Crippen LogP contribution in [0.2, 0.25) is 0 Å². The number of oxazole rings is 1. The Bertz CT molecular complexity index is 2850. The molecule has 0 N–H and O–H groups in total. The van der Waals surface area contributed by atoms with Gasteiger partial charge >= 0.3 is 0 Å². The van der Waals surface area contributed by atoms with Crippen molar-refractivity contribution < 1.29 is 8.83 Å². The van der Waals surface area contributed by atoms with E-state index in [1.54, 1.807) is 0 Å². The van der Waals surface area contributed by atoms with Gasteiger partial charge in [-0.2, -0.15) is 0 Å². The van der Waals surface area contributed by atoms with Crippen LogP contribution in [0.5, 0.6) is 0 Å². The van der Waals surface area contributed by atoms with Gasteiger partial charge in [-0.1, -0.05) is 115 Å². The van der Waals surface area contributed by atoms with Gasteiger partial charge in [0, 0.05) is 39.5 Å². The van der Waals surface area contributed by atoms with Gasteiger partial charge in [0.1, 0.15) is 16.7 Å². The Morgan fingerprint density at radius 2 is 1.04 bits per heavy atom. The van der Waals surface area contributed by atoms with Crippen LogP contribution in [0.15, 0.2) is 191 Å². The normalized spacial score (nSPS) is 11.5. The first-order chi connectivity index (χ1) is 25.2. The second-order valence-electron chi connectivity index (χ2n) is 12.8. The third-order valence-electron chi connectivity index (χ3n) is 9.68. The molecule has 8 aromatic carbocycles. The van der Waals surface area contributed by atoms with Crippen LogP contribution in [0.25, 0.3) is 77.5 Å². The number of benzene rings is 8. The Balaban J connectivity index is 1.12. The number of fused-ring (bicyclic) bond motifs is 5. The van der Waals surface area contributed by atoms with Crippen LogP contribution in [0.4, 0.5) is 17.1 Å². The van der Waals surface area contributed by atoms with Crippen molar-refractivity contribution in [1.29, 1.82) is 0 Å². The first-order valence-electron chi connectivity index (χ1n) is 17.1. The van der Waals surface area contributed by atoms with Crippen molar-refractivity contribution in [3.05, 3.63) is 182 Å². The number of hydrogen-bond donors (Lipinski definition) is 0. The molecule has 10 rings (SSSR count). The zero-order valence-electron chi connectivity index (χ0n) is 27.5. The van der Waals surface area contributed by atoms with Crippen LogP contribution in [0.1, 0.15) is 0 Å². The molecule has 0 unspecified atom stereocenters. The lowest BCUT2D eigenvalue weighted by molar-refractivity contribution is 0.617. The fraction of sp³-hybridized carbons (Fsp3) is 0. The van der Waals surface area contributed by atoms with Gasteiger partial charge in [-0.05, 0) is 93.7 Å². The lowest BCUT2D eigenvalue weighted by atomic mass is 9.98. The number of anilines is 3. The number of hydrogen-bond acceptors (Lipinski definition) is 4. The summed E-state index contributed by atoms with van der Waals surface area (Å²) in [6, 6.07) is 63.6. The minimum absolute atomic E-state index is 0.597. The molecule has 0 saturated carbocycles. The van der Waals surface area contributed by atoms with E-state index < -0.39 is 0 Å². The molecule has 0 aliphatic rings. The van der Waals surface area contributed by atoms with Crippen LogP contribution >= 0.6 is 0 Å². The molecule has 10 aromatic rings. The minimum atomic E-state index is 0.597. The van der Waals surface area contributed by atoms with Crippen molar-refractivity contribution in [3.63, 3.8) is 0 Å². The molecule has 0 fully saturated rings. The highest BCUT2D eigenvalue weighted by atomic mass is 16.4. The fourth-order valence-corrected chi connectivity index (χ4v) is 7.20. The fourth-order valence-electron chi connectivity index (χ4n) is 7.20. The van der Waals surface area contributed by atoms with Gasteiger partial charge in [0.2, 0.25) is 5.89 Å². The molecular formula is C47H30N2O2. The highest BCUT2D eigenvalue weighted by Crippen LogP contribution is 2.41. The van der Waals surface area contributed by atoms with Crippen LogP contribution in [-0.2, 0) is 0 Å². The highest BCUT2D eigenvalue weighted by Gasteiger charge is 2.18. The topological polar surface area (TPSA) is 42.4 Å². The number of furan rings is 1. The third kappa shape index (κ3) is 5.13. The standard InChI is InChI=1S/C47H30N2O2/c1-3-11-31(12-4-1)35-17-9-18-37(27-35)49(36-23-21-33(22-24-36)40-20-10-16-32-13-7-8-19-39(32)40)38-25-26-44-41(28-38)42-29-43-46(30-45(42)50-44)51-47(48-43)34-14-5-2-6-15-34/h1-30H. The van der Waals surface area contributed by atoms with Gasteiger partial charge in [-0.25, -0.2) is 4.98 Å². The van der Waals surface area contributed by atoms with E-state index in [4.69, 9.17) is 13.8 Å². The second-order valence-corrected chi connectivity index (χ2v) is 12.8. The van der Waals surface area contributed by atoms with Gasteiger partial charge in [0.05, 0.1) is 0 Å². The maximum absolute atomic E-state index is 6.39. The average Bonchev–Trinajstić information content (AvgIpc) is 3.78. The molecule has 0 atom stereocenters. The van der Waals surface area contributed by atoms with E-state index in [2.05, 4.69) is 150 Å². The van der Waals surface area contributed by atoms with Gasteiger partial charge in [-0.15, -0.1) is 0 Å². The first-order valence-corrected chi connectivity index (χ1v) is 17.1. The Kier molecular flexibility index (Phi) is 6.78. The lowest BCUT2D eigenvalue weighted by Gasteiger charge is -2.26. The summed E-state index contributed by atoms with van der Waals surface area (Å²) in [7, 11) is 0. The summed E-state index contributed by atoms with van der Waals surface area (Å²) < 4.78 is 12.6. The number of rotatable bonds is 6. The summed E-state index contributed by atoms with van der Waals surface area (Å²) in [5.41, 5.74) is 11.9. The van der Waals surface area contributed by atoms with Gasteiger partial charge < -0.3 is 13.7 Å². The van der Waals surface area contributed by atoms with Crippen LogP contribution in [0, 0.1) is 0 Å². The predicted octanol–water partition coefficient (Wildman–Crippen LogP) is 13.4. The average molecular weight is 655 g/mol. The summed E-state index contributed by atoms with van der Waals surface area (Å²) in [6.07, 6.45) is 0. The largest absolute Gasteiger partial charge is 0.456 e. The third-order valence-corrected chi connectivity index (χ3v) is 9.68. The Morgan fingerprint density at radius 3 is 1.88 bits per heavy atom. The summed E-state index contributed by atoms with van der Waals surface area (Å²) >= 11 is 0. The van der Waals surface area contributed by atoms with Crippen LogP contribution in [0.3, 0.4) is 0 Å². The van der Waals surface area contributed by atoms with Crippen LogP contribution < -0.4 is 4.90 Å². The molecule has 240 valence electrons. The maximum atomic E-state index is 6.39. The van der Waals surface area contributed by atoms with Gasteiger partial charge in [0.15, 0.2) is 5.58 Å². The lowest BCUT2D eigenvalue weighted by Crippen LogP contribution is -2.10. The van der Waals surface area contributed by atoms with Crippen molar-refractivity contribution in [2.45, 2.75) is 0 Å². The Hall–Kier alpha value is -6.91. The van der Waals surface area contributed by atoms with E-state index in [9.17, 15) is 0 Å². The van der Waals surface area contributed by atoms with E-state index >= 15 is 0 Å². The Morgan fingerprint density at radius 1 is 0.373 bits per heavy atom. The molecular weight excluding hydrogens is 625 g/mol. The molecule has 2 aromatic heterocycles. The molecule has 0 saturated heterocycles. The number of nitrogens with zero attached hydrogens (tertiary/aromatic N) is 2. The van der Waals surface area contributed by atoms with E-state index in [1.165, 1.54) is 27.5 Å². The molecule has 0 aliphatic heterocycles. The van der Waals surface area contributed by atoms with E-state index in [-0.39, 0.29) is 0 Å². The van der Waals surface area contributed by atoms with E-state index in [0.717, 1.165) is 55.6 Å². The monoisotopic (exact) mass is 654 g/mol. The second kappa shape index (κ2) is 11.9. The van der Waals surface area contributed by atoms with Crippen molar-refractivity contribution >= 4 is 60.9 Å². The zero-order chi connectivity index (χ0) is 33.7. The minimum Gasteiger partial charge on any atom is -0.456 e. The van der Waals surface area contributed by atoms with Crippen molar-refractivity contribution in [2.24, 2.45) is 0 Å². The SMILES string of the molecule is c1ccc(-c2cccc(N(c3ccc(-c4cccc5ccccc45)cc3)c3ccc4oc5cc6oc(-c7ccccc7)nc6cc5c4c3)c2)cc1. The van der Waals surface area contributed by atoms with Crippen molar-refractivity contribution in [2.75, 3.05) is 4.90 Å². The maximum Gasteiger partial charge on any atom is 0.227 e. The molecule has 2 heterocycles. The molecule has 0 bridgehead atoms. The molecule has 0 amide bonds. The van der Waals surface area contributed by atoms with E-state index in [0.29, 0.717) is 11.5 Å². The quantitative estimate of drug-likeness (QED) is 0.179. The van der Waals surface area contributed by atoms with E-state index in [1.807, 2.05) is 36.4 Å². The zero-order valence-corrected chi connectivity index (χ0v) is 27.5.